The molecule has 3 heterocycles. The molecule has 1 fully saturated rings. The highest BCUT2D eigenvalue weighted by Gasteiger charge is 2.31. The molecule has 1 N–H and O–H groups in total. The van der Waals surface area contributed by atoms with Crippen molar-refractivity contribution in [3.63, 3.8) is 0 Å². The number of fused-ring (bicyclic) bond motifs is 1. The van der Waals surface area contributed by atoms with Crippen molar-refractivity contribution in [3.05, 3.63) is 96.2 Å². The maximum atomic E-state index is 12.8. The first-order chi connectivity index (χ1) is 15.3. The third-order valence-corrected chi connectivity index (χ3v) is 5.06. The number of hydrogen-bond donors (Lipinski definition) is 1. The summed E-state index contributed by atoms with van der Waals surface area (Å²) in [6.07, 6.45) is 7.67. The van der Waals surface area contributed by atoms with Gasteiger partial charge in [-0.2, -0.15) is 5.06 Å². The third-order valence-electron chi connectivity index (χ3n) is 5.06. The maximum Gasteiger partial charge on any atom is 0.346 e. The largest absolute Gasteiger partial charge is 0.346 e. The van der Waals surface area contributed by atoms with Crippen LogP contribution in [0.25, 0.3) is 5.65 Å². The van der Waals surface area contributed by atoms with Crippen molar-refractivity contribution in [1.82, 2.24) is 19.4 Å². The Bertz CT molecular complexity index is 1290. The lowest BCUT2D eigenvalue weighted by Crippen LogP contribution is -2.33. The highest BCUT2D eigenvalue weighted by molar-refractivity contribution is 5.89. The summed E-state index contributed by atoms with van der Waals surface area (Å²) in [5.41, 5.74) is 4.00. The van der Waals surface area contributed by atoms with Crippen molar-refractivity contribution in [2.75, 3.05) is 11.9 Å². The van der Waals surface area contributed by atoms with Gasteiger partial charge in [0.15, 0.2) is 5.65 Å². The van der Waals surface area contributed by atoms with Gasteiger partial charge in [0.2, 0.25) is 0 Å². The normalized spacial score (nSPS) is 15.5. The zero-order valence-corrected chi connectivity index (χ0v) is 16.6. The summed E-state index contributed by atoms with van der Waals surface area (Å²) in [7, 11) is 0. The van der Waals surface area contributed by atoms with Crippen molar-refractivity contribution in [3.8, 4) is 11.8 Å². The predicted octanol–water partition coefficient (Wildman–Crippen LogP) is 4.04. The minimum atomic E-state index is -0.300. The van der Waals surface area contributed by atoms with Crippen molar-refractivity contribution >= 4 is 17.4 Å². The second kappa shape index (κ2) is 8.30. The fourth-order valence-electron chi connectivity index (χ4n) is 3.57. The molecule has 0 unspecified atom stereocenters. The van der Waals surface area contributed by atoms with Gasteiger partial charge in [0.05, 0.1) is 25.0 Å². The van der Waals surface area contributed by atoms with Gasteiger partial charge in [-0.15, -0.1) is 0 Å². The van der Waals surface area contributed by atoms with Crippen LogP contribution in [0, 0.1) is 11.8 Å². The van der Waals surface area contributed by atoms with Crippen molar-refractivity contribution in [2.24, 2.45) is 0 Å². The molecule has 2 aromatic heterocycles. The fourth-order valence-corrected chi connectivity index (χ4v) is 3.57. The highest BCUT2D eigenvalue weighted by atomic mass is 16.7. The molecule has 1 atom stereocenters. The number of hydrogen-bond acceptors (Lipinski definition) is 4. The van der Waals surface area contributed by atoms with Crippen LogP contribution in [0.3, 0.4) is 0 Å². The summed E-state index contributed by atoms with van der Waals surface area (Å²) >= 11 is 0. The number of anilines is 1. The minimum absolute atomic E-state index is 0.103. The van der Waals surface area contributed by atoms with E-state index in [1.807, 2.05) is 65.2 Å². The number of hydroxylamine groups is 2. The van der Waals surface area contributed by atoms with Gasteiger partial charge in [-0.3, -0.25) is 14.2 Å². The van der Waals surface area contributed by atoms with E-state index >= 15 is 0 Å². The van der Waals surface area contributed by atoms with Crippen LogP contribution in [0.2, 0.25) is 0 Å². The van der Waals surface area contributed by atoms with Gasteiger partial charge in [-0.05, 0) is 29.7 Å². The number of amides is 2. The van der Waals surface area contributed by atoms with Crippen LogP contribution in [-0.2, 0) is 4.84 Å². The minimum Gasteiger partial charge on any atom is -0.306 e. The quantitative estimate of drug-likeness (QED) is 0.507. The average molecular weight is 409 g/mol. The van der Waals surface area contributed by atoms with Crippen LogP contribution in [0.4, 0.5) is 10.5 Å². The molecule has 31 heavy (non-hydrogen) atoms. The number of benzene rings is 2. The molecule has 0 bridgehead atoms. The predicted molar refractivity (Wildman–Crippen MR) is 116 cm³/mol. The van der Waals surface area contributed by atoms with Gasteiger partial charge in [0, 0.05) is 30.1 Å². The van der Waals surface area contributed by atoms with Gasteiger partial charge in [0.25, 0.3) is 0 Å². The number of nitrogens with zero attached hydrogens (tertiary/aromatic N) is 4. The maximum absolute atomic E-state index is 12.8. The van der Waals surface area contributed by atoms with Crippen LogP contribution in [-0.4, -0.2) is 32.1 Å². The Morgan fingerprint density at radius 3 is 2.90 bits per heavy atom. The lowest BCUT2D eigenvalue weighted by Gasteiger charge is -2.23. The first kappa shape index (κ1) is 18.9. The summed E-state index contributed by atoms with van der Waals surface area (Å²) < 4.78 is 1.88. The Morgan fingerprint density at radius 2 is 2.00 bits per heavy atom. The number of imidazole rings is 1. The summed E-state index contributed by atoms with van der Waals surface area (Å²) in [5.74, 6) is 6.25. The molecule has 0 aliphatic carbocycles. The standard InChI is InChI=1S/C24H19N5O2/c30-24(29-22(11-14-31-29)19-6-2-1-3-7-19)27-20-8-4-5-18(15-20)9-10-21-16-26-23-17-25-12-13-28(21)23/h1-8,12-13,15-17,22H,11,14H2,(H,27,30)/t22-/m0/s1. The topological polar surface area (TPSA) is 71.8 Å². The number of rotatable bonds is 2. The Hall–Kier alpha value is -4.15. The van der Waals surface area contributed by atoms with Crippen LogP contribution < -0.4 is 5.32 Å². The van der Waals surface area contributed by atoms with E-state index in [1.54, 1.807) is 18.6 Å². The molecule has 0 spiro atoms. The molecule has 0 radical (unpaired) electrons. The molecule has 1 aliphatic rings. The van der Waals surface area contributed by atoms with Gasteiger partial charge in [0.1, 0.15) is 5.69 Å². The monoisotopic (exact) mass is 409 g/mol. The summed E-state index contributed by atoms with van der Waals surface area (Å²) in [6, 6.07) is 16.9. The van der Waals surface area contributed by atoms with Gasteiger partial charge >= 0.3 is 6.03 Å². The fraction of sp³-hybridized carbons (Fsp3) is 0.125. The third kappa shape index (κ3) is 3.97. The zero-order valence-electron chi connectivity index (χ0n) is 16.6. The van der Waals surface area contributed by atoms with Gasteiger partial charge < -0.3 is 5.32 Å². The van der Waals surface area contributed by atoms with Crippen molar-refractivity contribution in [2.45, 2.75) is 12.5 Å². The molecule has 1 aliphatic heterocycles. The van der Waals surface area contributed by atoms with E-state index in [4.69, 9.17) is 4.84 Å². The van der Waals surface area contributed by atoms with Crippen LogP contribution >= 0.6 is 0 Å². The summed E-state index contributed by atoms with van der Waals surface area (Å²) in [6.45, 7) is 0.507. The molecule has 7 heteroatoms. The van der Waals surface area contributed by atoms with E-state index in [-0.39, 0.29) is 12.1 Å². The van der Waals surface area contributed by atoms with E-state index in [0.29, 0.717) is 12.3 Å². The molecule has 4 aromatic rings. The van der Waals surface area contributed by atoms with Gasteiger partial charge in [-0.1, -0.05) is 42.3 Å². The van der Waals surface area contributed by atoms with E-state index < -0.39 is 0 Å². The smallest absolute Gasteiger partial charge is 0.306 e. The molecule has 5 rings (SSSR count). The van der Waals surface area contributed by atoms with E-state index in [9.17, 15) is 4.79 Å². The molecular weight excluding hydrogens is 390 g/mol. The first-order valence-corrected chi connectivity index (χ1v) is 9.95. The lowest BCUT2D eigenvalue weighted by molar-refractivity contribution is -0.0829. The van der Waals surface area contributed by atoms with E-state index in [1.165, 1.54) is 5.06 Å². The molecule has 1 saturated heterocycles. The molecule has 0 saturated carbocycles. The lowest BCUT2D eigenvalue weighted by atomic mass is 10.1. The first-order valence-electron chi connectivity index (χ1n) is 9.95. The van der Waals surface area contributed by atoms with E-state index in [2.05, 4.69) is 27.1 Å². The number of aromatic nitrogens is 3. The van der Waals surface area contributed by atoms with Crippen molar-refractivity contribution < 1.29 is 9.63 Å². The highest BCUT2D eigenvalue weighted by Crippen LogP contribution is 2.30. The van der Waals surface area contributed by atoms with Crippen LogP contribution in [0.1, 0.15) is 29.3 Å². The molecule has 152 valence electrons. The summed E-state index contributed by atoms with van der Waals surface area (Å²) in [5, 5.41) is 4.33. The van der Waals surface area contributed by atoms with Crippen LogP contribution in [0.15, 0.2) is 79.4 Å². The SMILES string of the molecule is O=C(Nc1cccc(C#Cc2cnc3cnccn23)c1)N1OCC[C@H]1c1ccccc1. The van der Waals surface area contributed by atoms with Crippen molar-refractivity contribution in [1.29, 1.82) is 0 Å². The Labute approximate surface area is 179 Å². The Morgan fingerprint density at radius 1 is 1.10 bits per heavy atom. The molecule has 2 amide bonds. The molecular formula is C24H19N5O2. The zero-order chi connectivity index (χ0) is 21.0. The van der Waals surface area contributed by atoms with Gasteiger partial charge in [-0.25, -0.2) is 9.78 Å². The Balaban J connectivity index is 1.32. The molecule has 2 aromatic carbocycles. The average Bonchev–Trinajstić information content (AvgIpc) is 3.46. The number of carbonyl (C=O) groups excluding carboxylic acids is 1. The summed E-state index contributed by atoms with van der Waals surface area (Å²) in [4.78, 5) is 26.8. The second-order valence-corrected chi connectivity index (χ2v) is 7.08. The molecule has 7 nitrogen and oxygen atoms in total. The number of urea groups is 1. The second-order valence-electron chi connectivity index (χ2n) is 7.08. The van der Waals surface area contributed by atoms with E-state index in [0.717, 1.165) is 28.9 Å². The number of carbonyl (C=O) groups is 1. The van der Waals surface area contributed by atoms with Crippen LogP contribution in [0.5, 0.6) is 0 Å². The number of nitrogens with one attached hydrogen (secondary N) is 1. The Kier molecular flexibility index (Phi) is 5.05.